The monoisotopic (exact) mass is 365 g/mol. The lowest BCUT2D eigenvalue weighted by Crippen LogP contribution is -2.53. The van der Waals surface area contributed by atoms with Crippen LogP contribution in [0.15, 0.2) is 36.7 Å². The number of carbonyl (C=O) groups is 1. The average molecular weight is 365 g/mol. The van der Waals surface area contributed by atoms with Gasteiger partial charge in [-0.25, -0.2) is 9.97 Å². The van der Waals surface area contributed by atoms with Crippen molar-refractivity contribution in [3.8, 4) is 0 Å². The van der Waals surface area contributed by atoms with Gasteiger partial charge in [-0.3, -0.25) is 9.69 Å². The summed E-state index contributed by atoms with van der Waals surface area (Å²) in [6.45, 7) is 6.18. The number of benzene rings is 1. The van der Waals surface area contributed by atoms with Crippen LogP contribution < -0.4 is 5.32 Å². The number of carbonyl (C=O) groups excluding carboxylic acids is 1. The third kappa shape index (κ3) is 3.95. The van der Waals surface area contributed by atoms with Crippen molar-refractivity contribution in [1.29, 1.82) is 0 Å². The zero-order chi connectivity index (χ0) is 18.6. The van der Waals surface area contributed by atoms with Gasteiger partial charge in [0, 0.05) is 51.2 Å². The van der Waals surface area contributed by atoms with Gasteiger partial charge < -0.3 is 10.2 Å². The standard InChI is InChI=1S/C21H27N5O/c1-2-22-21-23-14-18(15-24-21)20(27)26-11-9-25(10-12-26)19-8-7-16-5-3-4-6-17(16)13-19/h3-6,14-15,19H,2,7-13H2,1H3,(H,22,23,24)/t19-/m0/s1. The number of piperazine rings is 1. The van der Waals surface area contributed by atoms with Crippen molar-refractivity contribution in [3.63, 3.8) is 0 Å². The summed E-state index contributed by atoms with van der Waals surface area (Å²) < 4.78 is 0. The van der Waals surface area contributed by atoms with E-state index in [0.29, 0.717) is 17.6 Å². The Morgan fingerprint density at radius 1 is 1.11 bits per heavy atom. The van der Waals surface area contributed by atoms with E-state index < -0.39 is 0 Å². The fraction of sp³-hybridized carbons (Fsp3) is 0.476. The molecule has 0 unspecified atom stereocenters. The van der Waals surface area contributed by atoms with Crippen molar-refractivity contribution in [3.05, 3.63) is 53.3 Å². The van der Waals surface area contributed by atoms with Crippen LogP contribution in [0.4, 0.5) is 5.95 Å². The highest BCUT2D eigenvalue weighted by Gasteiger charge is 2.29. The zero-order valence-corrected chi connectivity index (χ0v) is 15.9. The first kappa shape index (κ1) is 17.9. The van der Waals surface area contributed by atoms with Crippen LogP contribution in [0.3, 0.4) is 0 Å². The lowest BCUT2D eigenvalue weighted by atomic mass is 9.87. The first-order chi connectivity index (χ1) is 13.2. The number of aryl methyl sites for hydroxylation is 1. The molecule has 1 atom stereocenters. The van der Waals surface area contributed by atoms with Crippen LogP contribution in [-0.4, -0.2) is 64.4 Å². The molecule has 142 valence electrons. The highest BCUT2D eigenvalue weighted by atomic mass is 16.2. The molecule has 1 saturated heterocycles. The van der Waals surface area contributed by atoms with Crippen LogP contribution in [0.25, 0.3) is 0 Å². The van der Waals surface area contributed by atoms with Crippen molar-refractivity contribution in [2.24, 2.45) is 0 Å². The van der Waals surface area contributed by atoms with Crippen LogP contribution in [0.2, 0.25) is 0 Å². The SMILES string of the molecule is CCNc1ncc(C(=O)N2CCN([C@H]3CCc4ccccc4C3)CC2)cn1. The molecule has 0 saturated carbocycles. The minimum atomic E-state index is 0.0340. The first-order valence-corrected chi connectivity index (χ1v) is 9.90. The lowest BCUT2D eigenvalue weighted by molar-refractivity contribution is 0.0552. The summed E-state index contributed by atoms with van der Waals surface area (Å²) in [6.07, 6.45) is 6.75. The molecule has 2 heterocycles. The predicted octanol–water partition coefficient (Wildman–Crippen LogP) is 2.22. The zero-order valence-electron chi connectivity index (χ0n) is 15.9. The number of hydrogen-bond donors (Lipinski definition) is 1. The van der Waals surface area contributed by atoms with Crippen LogP contribution in [0.5, 0.6) is 0 Å². The molecule has 1 aliphatic carbocycles. The maximum absolute atomic E-state index is 12.7. The predicted molar refractivity (Wildman–Crippen MR) is 106 cm³/mol. The van der Waals surface area contributed by atoms with E-state index in [2.05, 4.69) is 44.5 Å². The van der Waals surface area contributed by atoms with Crippen LogP contribution in [0.1, 0.15) is 34.8 Å². The molecule has 27 heavy (non-hydrogen) atoms. The maximum Gasteiger partial charge on any atom is 0.257 e. The molecule has 6 nitrogen and oxygen atoms in total. The van der Waals surface area contributed by atoms with Gasteiger partial charge in [-0.2, -0.15) is 0 Å². The highest BCUT2D eigenvalue weighted by molar-refractivity contribution is 5.93. The Labute approximate surface area is 160 Å². The van der Waals surface area contributed by atoms with Crippen molar-refractivity contribution in [2.45, 2.75) is 32.2 Å². The summed E-state index contributed by atoms with van der Waals surface area (Å²) in [7, 11) is 0. The second-order valence-electron chi connectivity index (χ2n) is 7.32. The molecular weight excluding hydrogens is 338 g/mol. The molecule has 6 heteroatoms. The quantitative estimate of drug-likeness (QED) is 0.900. The minimum Gasteiger partial charge on any atom is -0.355 e. The van der Waals surface area contributed by atoms with Crippen LogP contribution in [-0.2, 0) is 12.8 Å². The Kier molecular flexibility index (Phi) is 5.34. The molecule has 0 radical (unpaired) electrons. The second-order valence-corrected chi connectivity index (χ2v) is 7.32. The van der Waals surface area contributed by atoms with Gasteiger partial charge in [-0.15, -0.1) is 0 Å². The van der Waals surface area contributed by atoms with E-state index in [4.69, 9.17) is 0 Å². The normalized spacial score (nSPS) is 20.2. The van der Waals surface area contributed by atoms with Gasteiger partial charge in [0.2, 0.25) is 5.95 Å². The molecule has 1 N–H and O–H groups in total. The summed E-state index contributed by atoms with van der Waals surface area (Å²) in [4.78, 5) is 25.6. The van der Waals surface area contributed by atoms with E-state index in [-0.39, 0.29) is 5.91 Å². The molecular formula is C21H27N5O. The Morgan fingerprint density at radius 2 is 1.81 bits per heavy atom. The molecule has 1 amide bonds. The fourth-order valence-electron chi connectivity index (χ4n) is 4.15. The smallest absolute Gasteiger partial charge is 0.257 e. The van der Waals surface area contributed by atoms with Gasteiger partial charge in [-0.05, 0) is 37.3 Å². The van der Waals surface area contributed by atoms with E-state index in [0.717, 1.165) is 45.6 Å². The fourth-order valence-corrected chi connectivity index (χ4v) is 4.15. The largest absolute Gasteiger partial charge is 0.355 e. The molecule has 1 fully saturated rings. The van der Waals surface area contributed by atoms with E-state index in [1.165, 1.54) is 17.5 Å². The highest BCUT2D eigenvalue weighted by Crippen LogP contribution is 2.25. The van der Waals surface area contributed by atoms with Crippen molar-refractivity contribution >= 4 is 11.9 Å². The minimum absolute atomic E-state index is 0.0340. The Balaban J connectivity index is 1.33. The van der Waals surface area contributed by atoms with E-state index >= 15 is 0 Å². The Morgan fingerprint density at radius 3 is 2.52 bits per heavy atom. The summed E-state index contributed by atoms with van der Waals surface area (Å²) in [5, 5.41) is 3.05. The van der Waals surface area contributed by atoms with Crippen LogP contribution >= 0.6 is 0 Å². The Bertz CT molecular complexity index is 783. The van der Waals surface area contributed by atoms with Gasteiger partial charge in [0.05, 0.1) is 5.56 Å². The van der Waals surface area contributed by atoms with E-state index in [1.54, 1.807) is 12.4 Å². The van der Waals surface area contributed by atoms with Crippen molar-refractivity contribution in [2.75, 3.05) is 38.0 Å². The third-order valence-electron chi connectivity index (χ3n) is 5.67. The molecule has 1 aromatic carbocycles. The molecule has 0 spiro atoms. The van der Waals surface area contributed by atoms with Gasteiger partial charge in [0.25, 0.3) is 5.91 Å². The maximum atomic E-state index is 12.7. The second kappa shape index (κ2) is 8.05. The number of amides is 1. The van der Waals surface area contributed by atoms with Gasteiger partial charge in [0.1, 0.15) is 0 Å². The molecule has 2 aromatic rings. The van der Waals surface area contributed by atoms with Gasteiger partial charge in [0.15, 0.2) is 0 Å². The summed E-state index contributed by atoms with van der Waals surface area (Å²) in [6, 6.07) is 9.39. The molecule has 1 aromatic heterocycles. The number of fused-ring (bicyclic) bond motifs is 1. The summed E-state index contributed by atoms with van der Waals surface area (Å²) in [5.74, 6) is 0.600. The molecule has 0 bridgehead atoms. The molecule has 2 aliphatic rings. The number of hydrogen-bond acceptors (Lipinski definition) is 5. The number of anilines is 1. The number of rotatable bonds is 4. The number of aromatic nitrogens is 2. The van der Waals surface area contributed by atoms with E-state index in [1.807, 2.05) is 11.8 Å². The number of nitrogens with zero attached hydrogens (tertiary/aromatic N) is 4. The topological polar surface area (TPSA) is 61.4 Å². The van der Waals surface area contributed by atoms with Crippen LogP contribution in [0, 0.1) is 0 Å². The molecule has 1 aliphatic heterocycles. The summed E-state index contributed by atoms with van der Waals surface area (Å²) >= 11 is 0. The summed E-state index contributed by atoms with van der Waals surface area (Å²) in [5.41, 5.74) is 3.56. The van der Waals surface area contributed by atoms with Gasteiger partial charge in [-0.1, -0.05) is 24.3 Å². The molecule has 4 rings (SSSR count). The van der Waals surface area contributed by atoms with Crippen molar-refractivity contribution < 1.29 is 4.79 Å². The number of nitrogens with one attached hydrogen (secondary N) is 1. The van der Waals surface area contributed by atoms with Crippen molar-refractivity contribution in [1.82, 2.24) is 19.8 Å². The lowest BCUT2D eigenvalue weighted by Gasteiger charge is -2.41. The van der Waals surface area contributed by atoms with Gasteiger partial charge >= 0.3 is 0 Å². The first-order valence-electron chi connectivity index (χ1n) is 9.90. The average Bonchev–Trinajstić information content (AvgIpc) is 2.74. The third-order valence-corrected chi connectivity index (χ3v) is 5.67. The Hall–Kier alpha value is -2.47. The van der Waals surface area contributed by atoms with E-state index in [9.17, 15) is 4.79 Å².